The number of aromatic amines is 1. The number of thiazole rings is 1. The highest BCUT2D eigenvalue weighted by molar-refractivity contribution is 7.13. The monoisotopic (exact) mass is 333 g/mol. The van der Waals surface area contributed by atoms with Gasteiger partial charge in [-0.2, -0.15) is 5.10 Å². The number of nitrogens with zero attached hydrogens (tertiary/aromatic N) is 3. The number of ether oxygens (including phenoxy) is 1. The lowest BCUT2D eigenvalue weighted by molar-refractivity contribution is -0.0914. The zero-order chi connectivity index (χ0) is 15.7. The topological polar surface area (TPSA) is 83.1 Å². The van der Waals surface area contributed by atoms with E-state index >= 15 is 0 Å². The molecule has 1 saturated carbocycles. The highest BCUT2D eigenvalue weighted by Crippen LogP contribution is 2.36. The average Bonchev–Trinajstić information content (AvgIpc) is 3.28. The zero-order valence-electron chi connectivity index (χ0n) is 12.7. The van der Waals surface area contributed by atoms with Gasteiger partial charge in [0.25, 0.3) is 0 Å². The molecule has 2 fully saturated rings. The van der Waals surface area contributed by atoms with Crippen molar-refractivity contribution in [3.8, 4) is 10.7 Å². The van der Waals surface area contributed by atoms with Gasteiger partial charge in [-0.25, -0.2) is 9.78 Å². The van der Waals surface area contributed by atoms with Crippen molar-refractivity contribution >= 4 is 23.1 Å². The zero-order valence-corrected chi connectivity index (χ0v) is 13.6. The first-order valence-electron chi connectivity index (χ1n) is 7.89. The second-order valence-corrected chi connectivity index (χ2v) is 6.98. The quantitative estimate of drug-likeness (QED) is 0.885. The summed E-state index contributed by atoms with van der Waals surface area (Å²) in [6.07, 6.45) is 7.83. The van der Waals surface area contributed by atoms with Crippen molar-refractivity contribution in [2.45, 2.75) is 31.3 Å². The second-order valence-electron chi connectivity index (χ2n) is 6.09. The third kappa shape index (κ3) is 2.84. The molecule has 0 atom stereocenters. The molecule has 2 aliphatic rings. The molecular weight excluding hydrogens is 314 g/mol. The molecule has 0 unspecified atom stereocenters. The molecule has 0 bridgehead atoms. The number of carbonyl (C=O) groups is 1. The fraction of sp³-hybridized carbons (Fsp3) is 0.533. The minimum atomic E-state index is -0.121. The van der Waals surface area contributed by atoms with E-state index in [-0.39, 0.29) is 11.6 Å². The summed E-state index contributed by atoms with van der Waals surface area (Å²) < 4.78 is 5.98. The fourth-order valence-electron chi connectivity index (χ4n) is 3.43. The third-order valence-corrected chi connectivity index (χ3v) is 5.37. The molecule has 122 valence electrons. The maximum Gasteiger partial charge on any atom is 0.322 e. The van der Waals surface area contributed by atoms with E-state index in [0.717, 1.165) is 23.5 Å². The van der Waals surface area contributed by atoms with E-state index in [1.54, 1.807) is 12.4 Å². The van der Waals surface area contributed by atoms with Gasteiger partial charge in [0.2, 0.25) is 0 Å². The molecule has 1 saturated heterocycles. The summed E-state index contributed by atoms with van der Waals surface area (Å²) in [5.74, 6) is 0. The van der Waals surface area contributed by atoms with E-state index in [1.165, 1.54) is 24.2 Å². The number of hydrogen-bond donors (Lipinski definition) is 2. The van der Waals surface area contributed by atoms with Crippen molar-refractivity contribution in [1.29, 1.82) is 0 Å². The normalized spacial score (nSPS) is 20.1. The summed E-state index contributed by atoms with van der Waals surface area (Å²) in [6.45, 7) is 1.90. The number of anilines is 1. The predicted octanol–water partition coefficient (Wildman–Crippen LogP) is 2.71. The van der Waals surface area contributed by atoms with Crippen molar-refractivity contribution in [2.75, 3.05) is 25.0 Å². The van der Waals surface area contributed by atoms with Crippen molar-refractivity contribution in [2.24, 2.45) is 0 Å². The highest BCUT2D eigenvalue weighted by atomic mass is 32.1. The van der Waals surface area contributed by atoms with E-state index < -0.39 is 0 Å². The van der Waals surface area contributed by atoms with Crippen LogP contribution < -0.4 is 5.32 Å². The van der Waals surface area contributed by atoms with E-state index in [0.29, 0.717) is 25.4 Å². The van der Waals surface area contributed by atoms with Crippen LogP contribution in [0, 0.1) is 0 Å². The van der Waals surface area contributed by atoms with Crippen LogP contribution in [-0.2, 0) is 4.74 Å². The number of nitrogens with one attached hydrogen (secondary N) is 2. The third-order valence-electron chi connectivity index (χ3n) is 4.58. The molecule has 1 spiro atoms. The van der Waals surface area contributed by atoms with Gasteiger partial charge in [-0.1, -0.05) is 12.8 Å². The number of carbonyl (C=O) groups excluding carboxylic acids is 1. The number of rotatable bonds is 2. The van der Waals surface area contributed by atoms with Crippen molar-refractivity contribution in [3.05, 3.63) is 17.8 Å². The number of urea groups is 1. The van der Waals surface area contributed by atoms with Crippen molar-refractivity contribution in [1.82, 2.24) is 20.1 Å². The van der Waals surface area contributed by atoms with Gasteiger partial charge in [0.1, 0.15) is 10.7 Å². The molecule has 4 rings (SSSR count). The van der Waals surface area contributed by atoms with E-state index in [9.17, 15) is 4.79 Å². The lowest BCUT2D eigenvalue weighted by Gasteiger charge is -2.40. The predicted molar refractivity (Wildman–Crippen MR) is 87.4 cm³/mol. The van der Waals surface area contributed by atoms with Gasteiger partial charge in [-0.3, -0.25) is 5.10 Å². The van der Waals surface area contributed by atoms with Gasteiger partial charge < -0.3 is 15.0 Å². The van der Waals surface area contributed by atoms with Crippen LogP contribution in [0.5, 0.6) is 0 Å². The summed E-state index contributed by atoms with van der Waals surface area (Å²) >= 11 is 1.51. The first-order chi connectivity index (χ1) is 11.3. The van der Waals surface area contributed by atoms with Gasteiger partial charge >= 0.3 is 6.03 Å². The molecule has 1 aliphatic carbocycles. The van der Waals surface area contributed by atoms with Crippen LogP contribution in [0.15, 0.2) is 17.8 Å². The van der Waals surface area contributed by atoms with Crippen LogP contribution >= 0.6 is 11.3 Å². The molecule has 0 radical (unpaired) electrons. The average molecular weight is 333 g/mol. The summed E-state index contributed by atoms with van der Waals surface area (Å²) in [5, 5.41) is 12.6. The molecule has 23 heavy (non-hydrogen) atoms. The molecular formula is C15H19N5O2S. The first kappa shape index (κ1) is 14.6. The Kier molecular flexibility index (Phi) is 3.78. The second kappa shape index (κ2) is 5.93. The number of aromatic nitrogens is 3. The lowest BCUT2D eigenvalue weighted by Crippen LogP contribution is -2.53. The Labute approximate surface area is 138 Å². The molecule has 1 aliphatic heterocycles. The smallest absolute Gasteiger partial charge is 0.322 e. The number of hydrogen-bond acceptors (Lipinski definition) is 5. The Morgan fingerprint density at radius 1 is 1.43 bits per heavy atom. The van der Waals surface area contributed by atoms with Crippen LogP contribution in [0.4, 0.5) is 10.5 Å². The largest absolute Gasteiger partial charge is 0.371 e. The van der Waals surface area contributed by atoms with Gasteiger partial charge in [0, 0.05) is 18.1 Å². The van der Waals surface area contributed by atoms with E-state index in [1.807, 2.05) is 10.3 Å². The highest BCUT2D eigenvalue weighted by Gasteiger charge is 2.40. The Hall–Kier alpha value is -1.93. The summed E-state index contributed by atoms with van der Waals surface area (Å²) in [7, 11) is 0. The van der Waals surface area contributed by atoms with Crippen LogP contribution in [0.25, 0.3) is 10.7 Å². The fourth-order valence-corrected chi connectivity index (χ4v) is 4.07. The minimum absolute atomic E-state index is 0.0984. The van der Waals surface area contributed by atoms with E-state index in [4.69, 9.17) is 4.74 Å². The number of H-pyrrole nitrogens is 1. The molecule has 2 aromatic rings. The number of amides is 2. The van der Waals surface area contributed by atoms with Crippen LogP contribution in [0.2, 0.25) is 0 Å². The molecule has 0 aromatic carbocycles. The van der Waals surface area contributed by atoms with Gasteiger partial charge in [0.15, 0.2) is 0 Å². The molecule has 2 N–H and O–H groups in total. The molecule has 8 heteroatoms. The summed E-state index contributed by atoms with van der Waals surface area (Å²) in [6, 6.07) is -0.0984. The van der Waals surface area contributed by atoms with Gasteiger partial charge in [-0.05, 0) is 12.8 Å². The first-order valence-corrected chi connectivity index (χ1v) is 8.77. The Morgan fingerprint density at radius 3 is 3.09 bits per heavy atom. The van der Waals surface area contributed by atoms with Crippen LogP contribution in [-0.4, -0.2) is 51.4 Å². The maximum atomic E-state index is 12.6. The lowest BCUT2D eigenvalue weighted by atomic mass is 10.00. The molecule has 2 aromatic heterocycles. The molecule has 3 heterocycles. The van der Waals surface area contributed by atoms with Crippen molar-refractivity contribution in [3.63, 3.8) is 0 Å². The maximum absolute atomic E-state index is 12.6. The van der Waals surface area contributed by atoms with Crippen molar-refractivity contribution < 1.29 is 9.53 Å². The Bertz CT molecular complexity index is 678. The van der Waals surface area contributed by atoms with Crippen LogP contribution in [0.3, 0.4) is 0 Å². The van der Waals surface area contributed by atoms with E-state index in [2.05, 4.69) is 20.5 Å². The molecule has 2 amide bonds. The summed E-state index contributed by atoms with van der Waals surface area (Å²) in [4.78, 5) is 18.7. The Morgan fingerprint density at radius 2 is 2.30 bits per heavy atom. The summed E-state index contributed by atoms with van der Waals surface area (Å²) in [5.41, 5.74) is 1.29. The van der Waals surface area contributed by atoms with Gasteiger partial charge in [0.05, 0.1) is 30.6 Å². The minimum Gasteiger partial charge on any atom is -0.371 e. The van der Waals surface area contributed by atoms with Gasteiger partial charge in [-0.15, -0.1) is 11.3 Å². The standard InChI is InChI=1S/C15H19N5O2S/c21-14(20-6-7-22-15(10-20)3-1-2-4-15)18-11-9-17-19-12(11)13-16-5-8-23-13/h5,8-9H,1-4,6-7,10H2,(H,17,19)(H,18,21). The molecule has 7 nitrogen and oxygen atoms in total. The Balaban J connectivity index is 1.47. The van der Waals surface area contributed by atoms with Crippen LogP contribution in [0.1, 0.15) is 25.7 Å². The number of morpholine rings is 1. The SMILES string of the molecule is O=C(Nc1cn[nH]c1-c1nccs1)N1CCOC2(CCCC2)C1.